The normalized spacial score (nSPS) is 17.1. The highest BCUT2D eigenvalue weighted by Gasteiger charge is 2.22. The van der Waals surface area contributed by atoms with E-state index in [1.165, 1.54) is 0 Å². The van der Waals surface area contributed by atoms with E-state index in [4.69, 9.17) is 4.74 Å². The molecule has 5 nitrogen and oxygen atoms in total. The second kappa shape index (κ2) is 7.54. The van der Waals surface area contributed by atoms with Crippen molar-refractivity contribution in [3.8, 4) is 22.9 Å². The lowest BCUT2D eigenvalue weighted by Crippen LogP contribution is -2.30. The van der Waals surface area contributed by atoms with Crippen molar-refractivity contribution in [3.05, 3.63) is 60.5 Å². The Kier molecular flexibility index (Phi) is 4.71. The maximum atomic E-state index is 15.6. The summed E-state index contributed by atoms with van der Waals surface area (Å²) in [6.45, 7) is 1.54. The number of phenols is 1. The predicted molar refractivity (Wildman–Crippen MR) is 115 cm³/mol. The topological polar surface area (TPSA) is 58.5 Å². The van der Waals surface area contributed by atoms with Crippen molar-refractivity contribution in [1.82, 2.24) is 14.9 Å². The SMILES string of the molecule is CN1CCC[C@H]1COc1ncc2ccc(-c3cc(O)cc4ccccc34)c(F)c2n1. The van der Waals surface area contributed by atoms with E-state index in [0.717, 1.165) is 30.2 Å². The van der Waals surface area contributed by atoms with E-state index in [0.29, 0.717) is 29.2 Å². The molecule has 6 heteroatoms. The van der Waals surface area contributed by atoms with Gasteiger partial charge in [0.15, 0.2) is 5.82 Å². The first kappa shape index (κ1) is 18.8. The summed E-state index contributed by atoms with van der Waals surface area (Å²) in [6.07, 6.45) is 3.82. The number of likely N-dealkylation sites (tertiary alicyclic amines) is 1. The first-order chi connectivity index (χ1) is 14.6. The lowest BCUT2D eigenvalue weighted by molar-refractivity contribution is 0.188. The summed E-state index contributed by atoms with van der Waals surface area (Å²) < 4.78 is 21.3. The predicted octanol–water partition coefficient (Wildman–Crippen LogP) is 4.77. The van der Waals surface area contributed by atoms with Gasteiger partial charge in [-0.3, -0.25) is 0 Å². The van der Waals surface area contributed by atoms with Gasteiger partial charge in [0, 0.05) is 23.2 Å². The van der Waals surface area contributed by atoms with Crippen LogP contribution in [0.3, 0.4) is 0 Å². The molecule has 2 heterocycles. The highest BCUT2D eigenvalue weighted by Crippen LogP contribution is 2.36. The fourth-order valence-corrected chi connectivity index (χ4v) is 4.20. The molecule has 0 amide bonds. The quantitative estimate of drug-likeness (QED) is 0.532. The number of fused-ring (bicyclic) bond motifs is 2. The number of nitrogens with zero attached hydrogens (tertiary/aromatic N) is 3. The third kappa shape index (κ3) is 3.33. The van der Waals surface area contributed by atoms with Gasteiger partial charge in [-0.2, -0.15) is 4.98 Å². The van der Waals surface area contributed by atoms with Crippen LogP contribution in [0.5, 0.6) is 11.8 Å². The Balaban J connectivity index is 1.55. The van der Waals surface area contributed by atoms with Crippen LogP contribution in [-0.2, 0) is 0 Å². The number of hydrogen-bond donors (Lipinski definition) is 1. The van der Waals surface area contributed by atoms with Gasteiger partial charge in [0.05, 0.1) is 0 Å². The Labute approximate surface area is 173 Å². The van der Waals surface area contributed by atoms with E-state index in [1.54, 1.807) is 30.5 Å². The van der Waals surface area contributed by atoms with Crippen LogP contribution in [0.1, 0.15) is 12.8 Å². The highest BCUT2D eigenvalue weighted by molar-refractivity contribution is 5.99. The summed E-state index contributed by atoms with van der Waals surface area (Å²) >= 11 is 0. The maximum absolute atomic E-state index is 15.6. The molecule has 3 aromatic carbocycles. The first-order valence-electron chi connectivity index (χ1n) is 10.1. The zero-order valence-electron chi connectivity index (χ0n) is 16.7. The third-order valence-electron chi connectivity index (χ3n) is 5.88. The molecule has 4 aromatic rings. The largest absolute Gasteiger partial charge is 0.508 e. The van der Waals surface area contributed by atoms with Gasteiger partial charge in [0.2, 0.25) is 0 Å². The van der Waals surface area contributed by atoms with Crippen LogP contribution < -0.4 is 4.74 Å². The third-order valence-corrected chi connectivity index (χ3v) is 5.88. The molecule has 0 bridgehead atoms. The van der Waals surface area contributed by atoms with Gasteiger partial charge in [0.25, 0.3) is 0 Å². The second-order valence-corrected chi connectivity index (χ2v) is 7.82. The number of ether oxygens (including phenoxy) is 1. The molecule has 1 fully saturated rings. The van der Waals surface area contributed by atoms with Gasteiger partial charge in [-0.05, 0) is 54.9 Å². The summed E-state index contributed by atoms with van der Waals surface area (Å²) in [5.41, 5.74) is 1.22. The second-order valence-electron chi connectivity index (χ2n) is 7.82. The fourth-order valence-electron chi connectivity index (χ4n) is 4.20. The lowest BCUT2D eigenvalue weighted by Gasteiger charge is -2.18. The zero-order valence-corrected chi connectivity index (χ0v) is 16.7. The van der Waals surface area contributed by atoms with Crippen molar-refractivity contribution < 1.29 is 14.2 Å². The van der Waals surface area contributed by atoms with Gasteiger partial charge in [0.1, 0.15) is 17.9 Å². The van der Waals surface area contributed by atoms with Crippen LogP contribution in [0.4, 0.5) is 4.39 Å². The van der Waals surface area contributed by atoms with Crippen LogP contribution in [0.15, 0.2) is 54.7 Å². The van der Waals surface area contributed by atoms with Gasteiger partial charge in [-0.15, -0.1) is 0 Å². The molecule has 152 valence electrons. The average molecular weight is 403 g/mol. The molecule has 0 unspecified atom stereocenters. The summed E-state index contributed by atoms with van der Waals surface area (Å²) in [4.78, 5) is 10.9. The van der Waals surface area contributed by atoms with Gasteiger partial charge in [-0.25, -0.2) is 9.37 Å². The van der Waals surface area contributed by atoms with Crippen LogP contribution >= 0.6 is 0 Å². The standard InChI is InChI=1S/C24H22FN3O2/c1-28-10-4-6-17(28)14-30-24-26-13-16-8-9-20(22(25)23(16)27-24)21-12-18(29)11-15-5-2-3-7-19(15)21/h2-3,5,7-9,11-13,17,29H,4,6,10,14H2,1H3/t17-/m0/s1. The summed E-state index contributed by atoms with van der Waals surface area (Å²) in [6, 6.07) is 14.9. The van der Waals surface area contributed by atoms with Crippen molar-refractivity contribution >= 4 is 21.7 Å². The van der Waals surface area contributed by atoms with Gasteiger partial charge in [-0.1, -0.05) is 36.4 Å². The summed E-state index contributed by atoms with van der Waals surface area (Å²) in [7, 11) is 2.08. The molecule has 0 spiro atoms. The van der Waals surface area contributed by atoms with Crippen LogP contribution in [0, 0.1) is 5.82 Å². The monoisotopic (exact) mass is 403 g/mol. The molecule has 1 aliphatic heterocycles. The number of aromatic nitrogens is 2. The Morgan fingerprint density at radius 3 is 2.83 bits per heavy atom. The maximum Gasteiger partial charge on any atom is 0.317 e. The number of rotatable bonds is 4. The van der Waals surface area contributed by atoms with Crippen molar-refractivity contribution in [3.63, 3.8) is 0 Å². The van der Waals surface area contributed by atoms with Crippen molar-refractivity contribution in [2.24, 2.45) is 0 Å². The molecule has 1 atom stereocenters. The minimum absolute atomic E-state index is 0.0931. The number of likely N-dealkylation sites (N-methyl/N-ethyl adjacent to an activating group) is 1. The number of aromatic hydroxyl groups is 1. The zero-order chi connectivity index (χ0) is 20.7. The van der Waals surface area contributed by atoms with E-state index in [9.17, 15) is 5.11 Å². The first-order valence-corrected chi connectivity index (χ1v) is 10.1. The number of benzene rings is 3. The molecular formula is C24H22FN3O2. The van der Waals surface area contributed by atoms with Crippen LogP contribution in [0.2, 0.25) is 0 Å². The molecule has 1 saturated heterocycles. The van der Waals surface area contributed by atoms with E-state index in [2.05, 4.69) is 21.9 Å². The Morgan fingerprint density at radius 1 is 1.13 bits per heavy atom. The van der Waals surface area contributed by atoms with E-state index in [-0.39, 0.29) is 17.3 Å². The van der Waals surface area contributed by atoms with Gasteiger partial charge >= 0.3 is 6.01 Å². The van der Waals surface area contributed by atoms with Crippen LogP contribution in [-0.4, -0.2) is 46.2 Å². The smallest absolute Gasteiger partial charge is 0.317 e. The summed E-state index contributed by atoms with van der Waals surface area (Å²) in [5, 5.41) is 12.5. The molecular weight excluding hydrogens is 381 g/mol. The Bertz CT molecular complexity index is 1240. The average Bonchev–Trinajstić information content (AvgIpc) is 3.17. The fraction of sp³-hybridized carbons (Fsp3) is 0.250. The van der Waals surface area contributed by atoms with Gasteiger partial charge < -0.3 is 14.7 Å². The van der Waals surface area contributed by atoms with Crippen molar-refractivity contribution in [1.29, 1.82) is 0 Å². The number of hydrogen-bond acceptors (Lipinski definition) is 5. The Morgan fingerprint density at radius 2 is 2.00 bits per heavy atom. The number of halogens is 1. The Hall–Kier alpha value is -3.25. The molecule has 1 aliphatic rings. The molecule has 1 N–H and O–H groups in total. The number of phenolic OH excluding ortho intramolecular Hbond substituents is 1. The van der Waals surface area contributed by atoms with Crippen molar-refractivity contribution in [2.45, 2.75) is 18.9 Å². The van der Waals surface area contributed by atoms with E-state index >= 15 is 4.39 Å². The molecule has 5 rings (SSSR count). The minimum atomic E-state index is -0.450. The van der Waals surface area contributed by atoms with E-state index < -0.39 is 5.82 Å². The van der Waals surface area contributed by atoms with E-state index in [1.807, 2.05) is 24.3 Å². The lowest BCUT2D eigenvalue weighted by atomic mass is 9.96. The highest BCUT2D eigenvalue weighted by atomic mass is 19.1. The molecule has 0 saturated carbocycles. The molecule has 0 radical (unpaired) electrons. The molecule has 30 heavy (non-hydrogen) atoms. The summed E-state index contributed by atoms with van der Waals surface area (Å²) in [5.74, 6) is -0.357. The molecule has 0 aliphatic carbocycles. The minimum Gasteiger partial charge on any atom is -0.508 e. The van der Waals surface area contributed by atoms with Crippen molar-refractivity contribution in [2.75, 3.05) is 20.2 Å². The molecule has 1 aromatic heterocycles. The van der Waals surface area contributed by atoms with Crippen LogP contribution in [0.25, 0.3) is 32.8 Å².